The first-order valence-corrected chi connectivity index (χ1v) is 6.11. The van der Waals surface area contributed by atoms with Gasteiger partial charge in [0.05, 0.1) is 28.1 Å². The van der Waals surface area contributed by atoms with Crippen LogP contribution in [0.2, 0.25) is 0 Å². The van der Waals surface area contributed by atoms with E-state index < -0.39 is 0 Å². The van der Waals surface area contributed by atoms with Gasteiger partial charge in [0.15, 0.2) is 0 Å². The van der Waals surface area contributed by atoms with Crippen LogP contribution in [0.5, 0.6) is 0 Å². The largest absolute Gasteiger partial charge is 0.322 e. The monoisotopic (exact) mass is 277 g/mol. The van der Waals surface area contributed by atoms with Crippen molar-refractivity contribution in [3.63, 3.8) is 0 Å². The Bertz CT molecular complexity index is 799. The van der Waals surface area contributed by atoms with Gasteiger partial charge in [-0.2, -0.15) is 20.7 Å². The molecule has 1 amide bonds. The molecule has 2 rings (SSSR count). The summed E-state index contributed by atoms with van der Waals surface area (Å²) in [4.78, 5) is 12.2. The molecule has 102 valence electrons. The molecule has 6 heteroatoms. The van der Waals surface area contributed by atoms with Gasteiger partial charge in [0, 0.05) is 5.69 Å². The van der Waals surface area contributed by atoms with Crippen molar-refractivity contribution < 1.29 is 4.79 Å². The molecule has 0 aliphatic carbocycles. The van der Waals surface area contributed by atoms with Crippen LogP contribution >= 0.6 is 0 Å². The molecule has 0 radical (unpaired) electrons. The fourth-order valence-corrected chi connectivity index (χ4v) is 1.79. The molecule has 1 heterocycles. The van der Waals surface area contributed by atoms with Crippen molar-refractivity contribution in [3.05, 3.63) is 52.3 Å². The number of carbonyl (C=O) groups excluding carboxylic acids is 1. The Morgan fingerprint density at radius 3 is 2.48 bits per heavy atom. The normalized spacial score (nSPS) is 9.52. The van der Waals surface area contributed by atoms with Crippen LogP contribution in [0, 0.1) is 36.5 Å². The second kappa shape index (κ2) is 5.81. The molecular weight excluding hydrogens is 266 g/mol. The van der Waals surface area contributed by atoms with E-state index in [-0.39, 0.29) is 17.0 Å². The van der Waals surface area contributed by atoms with Gasteiger partial charge in [-0.05, 0) is 38.1 Å². The van der Waals surface area contributed by atoms with E-state index >= 15 is 0 Å². The van der Waals surface area contributed by atoms with Gasteiger partial charge in [0.1, 0.15) is 12.1 Å². The summed E-state index contributed by atoms with van der Waals surface area (Å²) in [6.45, 7) is 3.44. The first-order chi connectivity index (χ1) is 10.0. The number of hydrogen-bond donors (Lipinski definition) is 1. The van der Waals surface area contributed by atoms with Gasteiger partial charge in [-0.25, -0.2) is 0 Å². The Morgan fingerprint density at radius 1 is 1.10 bits per heavy atom. The summed E-state index contributed by atoms with van der Waals surface area (Å²) in [5.41, 5.74) is 2.52. The molecule has 0 aliphatic rings. The highest BCUT2D eigenvalue weighted by Crippen LogP contribution is 2.16. The SMILES string of the molecule is Cc1cc(C(=O)Nc2ccc(C#N)c(C#N)c2)c(C)nn1. The Hall–Kier alpha value is -3.25. The summed E-state index contributed by atoms with van der Waals surface area (Å²) >= 11 is 0. The lowest BCUT2D eigenvalue weighted by atomic mass is 10.1. The zero-order valence-electron chi connectivity index (χ0n) is 11.5. The molecule has 6 nitrogen and oxygen atoms in total. The first-order valence-electron chi connectivity index (χ1n) is 6.11. The molecule has 0 bridgehead atoms. The van der Waals surface area contributed by atoms with Crippen LogP contribution in [0.1, 0.15) is 32.9 Å². The molecule has 21 heavy (non-hydrogen) atoms. The lowest BCUT2D eigenvalue weighted by molar-refractivity contribution is 0.102. The van der Waals surface area contributed by atoms with Crippen molar-refractivity contribution in [1.29, 1.82) is 10.5 Å². The van der Waals surface area contributed by atoms with Gasteiger partial charge >= 0.3 is 0 Å². The summed E-state index contributed by atoms with van der Waals surface area (Å²) in [7, 11) is 0. The molecule has 0 spiro atoms. The molecule has 1 N–H and O–H groups in total. The number of aromatic nitrogens is 2. The molecule has 0 fully saturated rings. The number of nitriles is 2. The summed E-state index contributed by atoms with van der Waals surface area (Å²) in [6.07, 6.45) is 0. The third-order valence-electron chi connectivity index (χ3n) is 2.86. The number of nitrogens with zero attached hydrogens (tertiary/aromatic N) is 4. The predicted molar refractivity (Wildman–Crippen MR) is 75.3 cm³/mol. The van der Waals surface area contributed by atoms with Gasteiger partial charge in [-0.1, -0.05) is 0 Å². The van der Waals surface area contributed by atoms with Crippen LogP contribution in [0.25, 0.3) is 0 Å². The van der Waals surface area contributed by atoms with Crippen LogP contribution in [0.3, 0.4) is 0 Å². The number of nitrogens with one attached hydrogen (secondary N) is 1. The van der Waals surface area contributed by atoms with Gasteiger partial charge in [0.25, 0.3) is 5.91 Å². The lowest BCUT2D eigenvalue weighted by Crippen LogP contribution is -2.15. The molecule has 1 aromatic heterocycles. The molecule has 0 unspecified atom stereocenters. The van der Waals surface area contributed by atoms with Crippen LogP contribution in [-0.2, 0) is 0 Å². The van der Waals surface area contributed by atoms with Gasteiger partial charge in [-0.3, -0.25) is 4.79 Å². The molecular formula is C15H11N5O. The van der Waals surface area contributed by atoms with Crippen molar-refractivity contribution in [2.24, 2.45) is 0 Å². The minimum absolute atomic E-state index is 0.219. The Morgan fingerprint density at radius 2 is 1.81 bits per heavy atom. The number of amides is 1. The van der Waals surface area contributed by atoms with Gasteiger partial charge in [0.2, 0.25) is 0 Å². The Balaban J connectivity index is 2.30. The maximum absolute atomic E-state index is 12.2. The minimum Gasteiger partial charge on any atom is -0.322 e. The van der Waals surface area contributed by atoms with Crippen molar-refractivity contribution in [2.45, 2.75) is 13.8 Å². The summed E-state index contributed by atoms with van der Waals surface area (Å²) < 4.78 is 0. The Kier molecular flexibility index (Phi) is 3.92. The molecule has 0 saturated carbocycles. The molecule has 0 aliphatic heterocycles. The number of benzene rings is 1. The third kappa shape index (κ3) is 3.02. The Labute approximate surface area is 121 Å². The fraction of sp³-hybridized carbons (Fsp3) is 0.133. The smallest absolute Gasteiger partial charge is 0.257 e. The third-order valence-corrected chi connectivity index (χ3v) is 2.86. The van der Waals surface area contributed by atoms with Crippen molar-refractivity contribution in [1.82, 2.24) is 10.2 Å². The van der Waals surface area contributed by atoms with E-state index in [1.807, 2.05) is 12.1 Å². The summed E-state index contributed by atoms with van der Waals surface area (Å²) in [6, 6.07) is 10.0. The molecule has 0 saturated heterocycles. The minimum atomic E-state index is -0.334. The molecule has 1 aromatic carbocycles. The highest BCUT2D eigenvalue weighted by atomic mass is 16.1. The molecule has 0 atom stereocenters. The average molecular weight is 277 g/mol. The van der Waals surface area contributed by atoms with Crippen molar-refractivity contribution in [2.75, 3.05) is 5.32 Å². The average Bonchev–Trinajstić information content (AvgIpc) is 2.49. The van der Waals surface area contributed by atoms with E-state index in [2.05, 4.69) is 15.5 Å². The van der Waals surface area contributed by atoms with E-state index in [9.17, 15) is 4.79 Å². The van der Waals surface area contributed by atoms with Crippen molar-refractivity contribution >= 4 is 11.6 Å². The predicted octanol–water partition coefficient (Wildman–Crippen LogP) is 2.09. The van der Waals surface area contributed by atoms with Crippen LogP contribution in [0.4, 0.5) is 5.69 Å². The zero-order valence-corrected chi connectivity index (χ0v) is 11.5. The van der Waals surface area contributed by atoms with E-state index in [1.54, 1.807) is 26.0 Å². The van der Waals surface area contributed by atoms with Gasteiger partial charge in [-0.15, -0.1) is 0 Å². The second-order valence-corrected chi connectivity index (χ2v) is 4.42. The van der Waals surface area contributed by atoms with Crippen LogP contribution < -0.4 is 5.32 Å². The van der Waals surface area contributed by atoms with Crippen LogP contribution in [0.15, 0.2) is 24.3 Å². The highest BCUT2D eigenvalue weighted by Gasteiger charge is 2.12. The highest BCUT2D eigenvalue weighted by molar-refractivity contribution is 6.05. The zero-order chi connectivity index (χ0) is 15.4. The number of rotatable bonds is 2. The standard InChI is InChI=1S/C15H11N5O/c1-9-5-14(10(2)20-19-9)15(21)18-13-4-3-11(7-16)12(6-13)8-17/h3-6H,1-2H3,(H,18,21). The van der Waals surface area contributed by atoms with Crippen molar-refractivity contribution in [3.8, 4) is 12.1 Å². The summed E-state index contributed by atoms with van der Waals surface area (Å²) in [5, 5.41) is 28.3. The van der Waals surface area contributed by atoms with E-state index in [1.165, 1.54) is 12.1 Å². The lowest BCUT2D eigenvalue weighted by Gasteiger charge is -2.08. The van der Waals surface area contributed by atoms with Crippen LogP contribution in [-0.4, -0.2) is 16.1 Å². The second-order valence-electron chi connectivity index (χ2n) is 4.42. The van der Waals surface area contributed by atoms with Gasteiger partial charge < -0.3 is 5.32 Å². The maximum Gasteiger partial charge on any atom is 0.257 e. The maximum atomic E-state index is 12.2. The number of anilines is 1. The summed E-state index contributed by atoms with van der Waals surface area (Å²) in [5.74, 6) is -0.334. The topological polar surface area (TPSA) is 102 Å². The quantitative estimate of drug-likeness (QED) is 0.905. The first kappa shape index (κ1) is 14.2. The fourth-order valence-electron chi connectivity index (χ4n) is 1.79. The number of aryl methyl sites for hydroxylation is 2. The molecule has 2 aromatic rings. The van der Waals surface area contributed by atoms with E-state index in [0.29, 0.717) is 22.6 Å². The van der Waals surface area contributed by atoms with E-state index in [4.69, 9.17) is 10.5 Å². The number of carbonyl (C=O) groups is 1. The number of hydrogen-bond acceptors (Lipinski definition) is 5. The van der Waals surface area contributed by atoms with E-state index in [0.717, 1.165) is 0 Å².